The van der Waals surface area contributed by atoms with Crippen molar-refractivity contribution < 1.29 is 0 Å². The molecule has 3 saturated heterocycles. The van der Waals surface area contributed by atoms with E-state index in [1.807, 2.05) is 0 Å². The van der Waals surface area contributed by atoms with Crippen molar-refractivity contribution in [3.05, 3.63) is 0 Å². The Labute approximate surface area is 99.0 Å². The van der Waals surface area contributed by atoms with Gasteiger partial charge in [0.05, 0.1) is 0 Å². The number of likely N-dealkylation sites (tertiary alicyclic amines) is 1. The maximum absolute atomic E-state index is 2.89. The predicted octanol–water partition coefficient (Wildman–Crippen LogP) is 1.81. The van der Waals surface area contributed by atoms with E-state index < -0.39 is 0 Å². The molecule has 90 valence electrons. The molecule has 2 heteroatoms. The highest BCUT2D eigenvalue weighted by Crippen LogP contribution is 2.55. The van der Waals surface area contributed by atoms with Gasteiger partial charge < -0.3 is 4.90 Å². The zero-order valence-corrected chi connectivity index (χ0v) is 10.5. The van der Waals surface area contributed by atoms with Crippen LogP contribution in [0.1, 0.15) is 32.1 Å². The maximum atomic E-state index is 2.89. The summed E-state index contributed by atoms with van der Waals surface area (Å²) in [5.41, 5.74) is 0.814. The predicted molar refractivity (Wildman–Crippen MR) is 65.4 cm³/mol. The van der Waals surface area contributed by atoms with Crippen LogP contribution in [0.5, 0.6) is 0 Å². The standard InChI is InChI=1S/C14H24N2/c1-15-7-11-6-12(9-15)13-2-3-14(4-5-14)10-16(13)8-11/h11-13H,2-10H2,1H3/t11-,12+,13-/m0/s1. The molecule has 3 atom stereocenters. The molecule has 4 fully saturated rings. The third-order valence-corrected chi connectivity index (χ3v) is 5.72. The second kappa shape index (κ2) is 3.23. The van der Waals surface area contributed by atoms with Crippen LogP contribution in [-0.4, -0.2) is 49.1 Å². The average Bonchev–Trinajstić information content (AvgIpc) is 2.96. The molecule has 0 aromatic rings. The van der Waals surface area contributed by atoms with E-state index in [1.165, 1.54) is 51.9 Å². The molecular formula is C14H24N2. The molecule has 0 amide bonds. The molecule has 0 unspecified atom stereocenters. The molecule has 1 spiro atoms. The molecule has 16 heavy (non-hydrogen) atoms. The van der Waals surface area contributed by atoms with Crippen molar-refractivity contribution in [3.8, 4) is 0 Å². The zero-order valence-electron chi connectivity index (χ0n) is 10.5. The first-order chi connectivity index (χ1) is 7.74. The summed E-state index contributed by atoms with van der Waals surface area (Å²) in [4.78, 5) is 5.47. The number of piperidine rings is 3. The SMILES string of the molecule is CN1C[C@@H]2C[C@H](C1)[C@@H]1CCC3(CC3)CN1C2. The minimum Gasteiger partial charge on any atom is -0.306 e. The van der Waals surface area contributed by atoms with E-state index in [9.17, 15) is 0 Å². The quantitative estimate of drug-likeness (QED) is 0.614. The van der Waals surface area contributed by atoms with E-state index in [0.717, 1.165) is 23.3 Å². The van der Waals surface area contributed by atoms with Crippen molar-refractivity contribution in [1.29, 1.82) is 0 Å². The molecule has 0 N–H and O–H groups in total. The highest BCUT2D eigenvalue weighted by Gasteiger charge is 2.51. The molecule has 0 radical (unpaired) electrons. The lowest BCUT2D eigenvalue weighted by molar-refractivity contribution is -0.0412. The van der Waals surface area contributed by atoms with Crippen LogP contribution in [0.4, 0.5) is 0 Å². The van der Waals surface area contributed by atoms with Crippen LogP contribution in [0.3, 0.4) is 0 Å². The summed E-state index contributed by atoms with van der Waals surface area (Å²) < 4.78 is 0. The summed E-state index contributed by atoms with van der Waals surface area (Å²) in [5, 5.41) is 0. The molecule has 4 aliphatic rings. The van der Waals surface area contributed by atoms with Crippen molar-refractivity contribution in [3.63, 3.8) is 0 Å². The fraction of sp³-hybridized carbons (Fsp3) is 1.00. The summed E-state index contributed by atoms with van der Waals surface area (Å²) in [6.07, 6.45) is 7.64. The van der Waals surface area contributed by atoms with Gasteiger partial charge in [0.2, 0.25) is 0 Å². The van der Waals surface area contributed by atoms with Gasteiger partial charge >= 0.3 is 0 Å². The number of rotatable bonds is 0. The molecule has 0 aromatic carbocycles. The smallest absolute Gasteiger partial charge is 0.0136 e. The van der Waals surface area contributed by atoms with Gasteiger partial charge in [0.25, 0.3) is 0 Å². The number of hydrogen-bond donors (Lipinski definition) is 0. The fourth-order valence-corrected chi connectivity index (χ4v) is 4.82. The lowest BCUT2D eigenvalue weighted by atomic mass is 9.74. The number of nitrogens with zero attached hydrogens (tertiary/aromatic N) is 2. The lowest BCUT2D eigenvalue weighted by Gasteiger charge is -2.53. The molecule has 2 nitrogen and oxygen atoms in total. The minimum atomic E-state index is 0.814. The lowest BCUT2D eigenvalue weighted by Crippen LogP contribution is -2.59. The normalized spacial score (nSPS) is 46.7. The third-order valence-electron chi connectivity index (χ3n) is 5.72. The van der Waals surface area contributed by atoms with Crippen LogP contribution in [-0.2, 0) is 0 Å². The third kappa shape index (κ3) is 1.46. The second-order valence-corrected chi connectivity index (χ2v) is 7.12. The number of hydrogen-bond acceptors (Lipinski definition) is 2. The Balaban J connectivity index is 1.55. The fourth-order valence-electron chi connectivity index (χ4n) is 4.82. The average molecular weight is 220 g/mol. The molecule has 3 aliphatic heterocycles. The first-order valence-corrected chi connectivity index (χ1v) is 7.17. The van der Waals surface area contributed by atoms with Crippen molar-refractivity contribution in [2.45, 2.75) is 38.1 Å². The zero-order chi connectivity index (χ0) is 10.8. The van der Waals surface area contributed by atoms with Gasteiger partial charge in [-0.3, -0.25) is 4.90 Å². The molecule has 1 saturated carbocycles. The van der Waals surface area contributed by atoms with Gasteiger partial charge in [0, 0.05) is 32.2 Å². The van der Waals surface area contributed by atoms with E-state index in [1.54, 1.807) is 6.42 Å². The van der Waals surface area contributed by atoms with Crippen LogP contribution >= 0.6 is 0 Å². The van der Waals surface area contributed by atoms with Gasteiger partial charge in [-0.05, 0) is 56.4 Å². The Bertz CT molecular complexity index is 295. The molecule has 2 bridgehead atoms. The number of fused-ring (bicyclic) bond motifs is 4. The second-order valence-electron chi connectivity index (χ2n) is 7.12. The van der Waals surface area contributed by atoms with Crippen molar-refractivity contribution in [1.82, 2.24) is 9.80 Å². The van der Waals surface area contributed by atoms with Crippen molar-refractivity contribution >= 4 is 0 Å². The summed E-state index contributed by atoms with van der Waals surface area (Å²) >= 11 is 0. The van der Waals surface area contributed by atoms with E-state index in [-0.39, 0.29) is 0 Å². The van der Waals surface area contributed by atoms with Crippen LogP contribution in [0.25, 0.3) is 0 Å². The van der Waals surface area contributed by atoms with Gasteiger partial charge in [-0.25, -0.2) is 0 Å². The van der Waals surface area contributed by atoms with E-state index in [0.29, 0.717) is 0 Å². The summed E-state index contributed by atoms with van der Waals surface area (Å²) in [7, 11) is 2.32. The van der Waals surface area contributed by atoms with Gasteiger partial charge in [-0.15, -0.1) is 0 Å². The summed E-state index contributed by atoms with van der Waals surface area (Å²) in [6, 6.07) is 0.949. The molecule has 0 aromatic heterocycles. The molecule has 4 rings (SSSR count). The summed E-state index contributed by atoms with van der Waals surface area (Å²) in [6.45, 7) is 5.58. The Hall–Kier alpha value is -0.0800. The van der Waals surface area contributed by atoms with Crippen LogP contribution < -0.4 is 0 Å². The van der Waals surface area contributed by atoms with E-state index in [4.69, 9.17) is 0 Å². The highest BCUT2D eigenvalue weighted by molar-refractivity contribution is 5.05. The largest absolute Gasteiger partial charge is 0.306 e. The van der Waals surface area contributed by atoms with Crippen molar-refractivity contribution in [2.24, 2.45) is 17.3 Å². The highest BCUT2D eigenvalue weighted by atomic mass is 15.2. The van der Waals surface area contributed by atoms with Crippen LogP contribution in [0, 0.1) is 17.3 Å². The van der Waals surface area contributed by atoms with Crippen LogP contribution in [0.2, 0.25) is 0 Å². The molecular weight excluding hydrogens is 196 g/mol. The van der Waals surface area contributed by atoms with Gasteiger partial charge in [-0.2, -0.15) is 0 Å². The van der Waals surface area contributed by atoms with E-state index >= 15 is 0 Å². The van der Waals surface area contributed by atoms with E-state index in [2.05, 4.69) is 16.8 Å². The molecule has 3 heterocycles. The first kappa shape index (κ1) is 9.90. The first-order valence-electron chi connectivity index (χ1n) is 7.17. The summed E-state index contributed by atoms with van der Waals surface area (Å²) in [5.74, 6) is 1.97. The van der Waals surface area contributed by atoms with Gasteiger partial charge in [0.1, 0.15) is 0 Å². The van der Waals surface area contributed by atoms with Gasteiger partial charge in [-0.1, -0.05) is 0 Å². The minimum absolute atomic E-state index is 0.814. The maximum Gasteiger partial charge on any atom is 0.0136 e. The monoisotopic (exact) mass is 220 g/mol. The Morgan fingerprint density at radius 3 is 2.75 bits per heavy atom. The molecule has 1 aliphatic carbocycles. The Morgan fingerprint density at radius 1 is 1.06 bits per heavy atom. The van der Waals surface area contributed by atoms with Gasteiger partial charge in [0.15, 0.2) is 0 Å². The topological polar surface area (TPSA) is 6.48 Å². The van der Waals surface area contributed by atoms with Crippen LogP contribution in [0.15, 0.2) is 0 Å². The van der Waals surface area contributed by atoms with Crippen molar-refractivity contribution in [2.75, 3.05) is 33.2 Å². The Morgan fingerprint density at radius 2 is 1.94 bits per heavy atom. The Kier molecular flexibility index (Phi) is 2.00.